The number of likely N-dealkylation sites (tertiary alicyclic amines) is 1. The third kappa shape index (κ3) is 5.06. The van der Waals surface area contributed by atoms with E-state index in [9.17, 15) is 9.59 Å². The Morgan fingerprint density at radius 2 is 1.89 bits per heavy atom. The molecule has 6 heteroatoms. The molecule has 6 nitrogen and oxygen atoms in total. The number of amides is 2. The van der Waals surface area contributed by atoms with E-state index >= 15 is 0 Å². The molecule has 0 saturated carbocycles. The fourth-order valence-corrected chi connectivity index (χ4v) is 3.32. The Kier molecular flexibility index (Phi) is 5.74. The van der Waals surface area contributed by atoms with Crippen molar-refractivity contribution in [1.82, 2.24) is 15.2 Å². The van der Waals surface area contributed by atoms with Crippen molar-refractivity contribution >= 4 is 23.2 Å². The van der Waals surface area contributed by atoms with Crippen molar-refractivity contribution < 1.29 is 9.59 Å². The van der Waals surface area contributed by atoms with Crippen LogP contribution in [0.5, 0.6) is 0 Å². The number of anilines is 2. The van der Waals surface area contributed by atoms with Crippen LogP contribution in [0.2, 0.25) is 0 Å². The molecule has 1 atom stereocenters. The van der Waals surface area contributed by atoms with Gasteiger partial charge < -0.3 is 15.5 Å². The van der Waals surface area contributed by atoms with Gasteiger partial charge in [0, 0.05) is 48.7 Å². The molecule has 0 spiro atoms. The number of aryl methyl sites for hydroxylation is 2. The fraction of sp³-hybridized carbons (Fsp3) is 0.381. The normalized spacial score (nSPS) is 16.3. The van der Waals surface area contributed by atoms with Gasteiger partial charge in [-0.05, 0) is 44.5 Å². The smallest absolute Gasteiger partial charge is 0.241 e. The van der Waals surface area contributed by atoms with E-state index in [-0.39, 0.29) is 24.3 Å². The van der Waals surface area contributed by atoms with Crippen LogP contribution in [0.3, 0.4) is 0 Å². The lowest BCUT2D eigenvalue weighted by Gasteiger charge is -2.17. The van der Waals surface area contributed by atoms with E-state index in [0.29, 0.717) is 13.1 Å². The molecule has 2 heterocycles. The predicted molar refractivity (Wildman–Crippen MR) is 106 cm³/mol. The van der Waals surface area contributed by atoms with E-state index in [1.807, 2.05) is 13.0 Å². The minimum Gasteiger partial charge on any atom is -0.355 e. The summed E-state index contributed by atoms with van der Waals surface area (Å²) in [4.78, 5) is 29.7. The van der Waals surface area contributed by atoms with Crippen LogP contribution >= 0.6 is 0 Å². The van der Waals surface area contributed by atoms with Gasteiger partial charge in [-0.1, -0.05) is 17.7 Å². The number of pyridine rings is 1. The van der Waals surface area contributed by atoms with Crippen LogP contribution in [0.4, 0.5) is 11.4 Å². The summed E-state index contributed by atoms with van der Waals surface area (Å²) in [5, 5.41) is 6.01. The number of hydrogen-bond donors (Lipinski definition) is 2. The molecule has 2 N–H and O–H groups in total. The van der Waals surface area contributed by atoms with Crippen LogP contribution in [0.25, 0.3) is 0 Å². The Morgan fingerprint density at radius 1 is 1.15 bits per heavy atom. The van der Waals surface area contributed by atoms with Crippen molar-refractivity contribution in [2.24, 2.45) is 0 Å². The first-order valence-corrected chi connectivity index (χ1v) is 9.25. The Bertz CT molecular complexity index is 833. The second-order valence-corrected chi connectivity index (χ2v) is 7.15. The van der Waals surface area contributed by atoms with Crippen molar-refractivity contribution in [2.75, 3.05) is 25.0 Å². The zero-order valence-electron chi connectivity index (χ0n) is 16.1. The van der Waals surface area contributed by atoms with Crippen molar-refractivity contribution in [2.45, 2.75) is 33.1 Å². The molecule has 3 rings (SSSR count). The monoisotopic (exact) mass is 366 g/mol. The van der Waals surface area contributed by atoms with Crippen molar-refractivity contribution in [3.8, 4) is 0 Å². The van der Waals surface area contributed by atoms with Crippen LogP contribution in [0, 0.1) is 13.8 Å². The number of carbonyl (C=O) groups is 2. The Hall–Kier alpha value is -2.89. The topological polar surface area (TPSA) is 74.3 Å². The van der Waals surface area contributed by atoms with E-state index in [4.69, 9.17) is 4.98 Å². The zero-order chi connectivity index (χ0) is 19.4. The van der Waals surface area contributed by atoms with E-state index in [1.54, 1.807) is 4.90 Å². The Balaban J connectivity index is 1.68. The molecule has 0 aliphatic carbocycles. The second kappa shape index (κ2) is 8.20. The third-order valence-corrected chi connectivity index (χ3v) is 4.76. The molecule has 2 amide bonds. The largest absolute Gasteiger partial charge is 0.355 e. The number of hydrogen-bond acceptors (Lipinski definition) is 4. The predicted octanol–water partition coefficient (Wildman–Crippen LogP) is 2.89. The van der Waals surface area contributed by atoms with E-state index in [1.165, 1.54) is 12.5 Å². The molecule has 27 heavy (non-hydrogen) atoms. The highest BCUT2D eigenvalue weighted by Gasteiger charge is 2.28. The summed E-state index contributed by atoms with van der Waals surface area (Å²) in [6, 6.07) is 12.4. The van der Waals surface area contributed by atoms with Gasteiger partial charge >= 0.3 is 0 Å². The standard InChI is InChI=1S/C21H26N4O2/c1-14-4-6-18(7-5-14)24-19-10-15(2)23-20(11-19)17-8-9-25(13-17)21(27)12-22-16(3)26/h4-7,10-11,17H,8-9,12-13H2,1-3H3,(H,22,26)(H,23,24)/t17-/m1/s1. The van der Waals surface area contributed by atoms with Gasteiger partial charge in [-0.3, -0.25) is 14.6 Å². The van der Waals surface area contributed by atoms with Gasteiger partial charge in [-0.15, -0.1) is 0 Å². The quantitative estimate of drug-likeness (QED) is 0.853. The highest BCUT2D eigenvalue weighted by atomic mass is 16.2. The first kappa shape index (κ1) is 18.9. The summed E-state index contributed by atoms with van der Waals surface area (Å²) in [6.07, 6.45) is 0.881. The molecular formula is C21H26N4O2. The SMILES string of the molecule is CC(=O)NCC(=O)N1CC[C@@H](c2cc(Nc3ccc(C)cc3)cc(C)n2)C1. The summed E-state index contributed by atoms with van der Waals surface area (Å²) in [5.74, 6) is -0.0191. The molecule has 0 radical (unpaired) electrons. The number of nitrogens with one attached hydrogen (secondary N) is 2. The minimum atomic E-state index is -0.189. The summed E-state index contributed by atoms with van der Waals surface area (Å²) >= 11 is 0. The summed E-state index contributed by atoms with van der Waals surface area (Å²) in [7, 11) is 0. The lowest BCUT2D eigenvalue weighted by atomic mass is 10.0. The average molecular weight is 366 g/mol. The molecule has 1 aliphatic rings. The highest BCUT2D eigenvalue weighted by molar-refractivity contribution is 5.83. The number of aromatic nitrogens is 1. The van der Waals surface area contributed by atoms with Gasteiger partial charge in [0.25, 0.3) is 0 Å². The number of rotatable bonds is 5. The lowest BCUT2D eigenvalue weighted by Crippen LogP contribution is -2.38. The molecule has 2 aromatic rings. The Morgan fingerprint density at radius 3 is 2.59 bits per heavy atom. The number of nitrogens with zero attached hydrogens (tertiary/aromatic N) is 2. The zero-order valence-corrected chi connectivity index (χ0v) is 16.1. The van der Waals surface area contributed by atoms with Gasteiger partial charge in [0.15, 0.2) is 0 Å². The maximum Gasteiger partial charge on any atom is 0.241 e. The van der Waals surface area contributed by atoms with Gasteiger partial charge in [0.05, 0.1) is 6.54 Å². The van der Waals surface area contributed by atoms with Crippen LogP contribution in [-0.4, -0.2) is 41.3 Å². The molecule has 0 bridgehead atoms. The van der Waals surface area contributed by atoms with Gasteiger partial charge in [0.1, 0.15) is 0 Å². The van der Waals surface area contributed by atoms with Crippen LogP contribution in [-0.2, 0) is 9.59 Å². The fourth-order valence-electron chi connectivity index (χ4n) is 3.32. The minimum absolute atomic E-state index is 0.0432. The van der Waals surface area contributed by atoms with Gasteiger partial charge in [-0.25, -0.2) is 0 Å². The summed E-state index contributed by atoms with van der Waals surface area (Å²) in [5.41, 5.74) is 5.21. The number of benzene rings is 1. The molecule has 142 valence electrons. The number of carbonyl (C=O) groups excluding carboxylic acids is 2. The van der Waals surface area contributed by atoms with Crippen molar-refractivity contribution in [1.29, 1.82) is 0 Å². The molecule has 1 fully saturated rings. The molecular weight excluding hydrogens is 340 g/mol. The first-order chi connectivity index (χ1) is 12.9. The maximum absolute atomic E-state index is 12.2. The summed E-state index contributed by atoms with van der Waals surface area (Å²) < 4.78 is 0. The molecule has 1 aromatic carbocycles. The van der Waals surface area contributed by atoms with E-state index < -0.39 is 0 Å². The van der Waals surface area contributed by atoms with Gasteiger partial charge in [-0.2, -0.15) is 0 Å². The van der Waals surface area contributed by atoms with Gasteiger partial charge in [0.2, 0.25) is 11.8 Å². The van der Waals surface area contributed by atoms with E-state index in [0.717, 1.165) is 29.2 Å². The van der Waals surface area contributed by atoms with Crippen molar-refractivity contribution in [3.05, 3.63) is 53.3 Å². The van der Waals surface area contributed by atoms with Crippen LogP contribution in [0.15, 0.2) is 36.4 Å². The Labute approximate surface area is 160 Å². The lowest BCUT2D eigenvalue weighted by molar-refractivity contribution is -0.131. The first-order valence-electron chi connectivity index (χ1n) is 9.25. The molecule has 1 aromatic heterocycles. The summed E-state index contributed by atoms with van der Waals surface area (Å²) in [6.45, 7) is 6.86. The van der Waals surface area contributed by atoms with Crippen LogP contribution in [0.1, 0.15) is 36.2 Å². The highest BCUT2D eigenvalue weighted by Crippen LogP contribution is 2.29. The molecule has 0 unspecified atom stereocenters. The maximum atomic E-state index is 12.2. The molecule has 1 saturated heterocycles. The van der Waals surface area contributed by atoms with Crippen molar-refractivity contribution in [3.63, 3.8) is 0 Å². The molecule has 1 aliphatic heterocycles. The third-order valence-electron chi connectivity index (χ3n) is 4.76. The average Bonchev–Trinajstić information content (AvgIpc) is 3.11. The van der Waals surface area contributed by atoms with E-state index in [2.05, 4.69) is 47.9 Å². The van der Waals surface area contributed by atoms with Crippen LogP contribution < -0.4 is 10.6 Å². The second-order valence-electron chi connectivity index (χ2n) is 7.15.